The number of nitrogens with zero attached hydrogens (tertiary/aromatic N) is 1. The Morgan fingerprint density at radius 3 is 1.65 bits per heavy atom. The van der Waals surface area contributed by atoms with Crippen molar-refractivity contribution in [3.63, 3.8) is 0 Å². The van der Waals surface area contributed by atoms with Gasteiger partial charge in [0.05, 0.1) is 13.2 Å². The maximum Gasteiger partial charge on any atom is 0.242 e. The molecule has 7 N–H and O–H groups in total. The topological polar surface area (TPSA) is 174 Å². The molecular formula is C43H82N4O7. The first kappa shape index (κ1) is 50.0. The highest BCUT2D eigenvalue weighted by molar-refractivity contribution is 5.88. The summed E-state index contributed by atoms with van der Waals surface area (Å²) in [7, 11) is 0. The molecule has 0 saturated carbocycles. The standard InChI is InChI=1S/C43H82N4O7/c1-4-6-8-10-12-14-16-18-19-20-21-23-25-27-29-31-38(50)47(32-30-28-26-24-22-17-15-13-11-9-7-5-2)43-39(41(52)40(51)36(34-48)54-43)46-42(53)35(3)45-37(49)33-44/h18-19,35-36,39-41,43,48,51-52H,4-17,20-34,44H2,1-3H3,(H,45,49)(H,46,53)/b19-18-/t35-,36+,39+,40+,41+,43+/m0/s1. The van der Waals surface area contributed by atoms with Gasteiger partial charge in [-0.3, -0.25) is 14.4 Å². The maximum atomic E-state index is 13.9. The van der Waals surface area contributed by atoms with Gasteiger partial charge in [-0.1, -0.05) is 148 Å². The Kier molecular flexibility index (Phi) is 30.7. The number of unbranched alkanes of at least 4 members (excludes halogenated alkanes) is 22. The molecule has 1 heterocycles. The molecule has 0 radical (unpaired) electrons. The molecule has 0 aromatic heterocycles. The van der Waals surface area contributed by atoms with Crippen molar-refractivity contribution >= 4 is 17.7 Å². The summed E-state index contributed by atoms with van der Waals surface area (Å²) in [6.07, 6.45) is 28.9. The van der Waals surface area contributed by atoms with Gasteiger partial charge in [0.25, 0.3) is 0 Å². The highest BCUT2D eigenvalue weighted by atomic mass is 16.5. The minimum atomic E-state index is -1.51. The van der Waals surface area contributed by atoms with Crippen molar-refractivity contribution in [2.24, 2.45) is 5.73 Å². The summed E-state index contributed by atoms with van der Waals surface area (Å²) < 4.78 is 6.10. The fourth-order valence-electron chi connectivity index (χ4n) is 7.18. The third kappa shape index (κ3) is 22.5. The van der Waals surface area contributed by atoms with Crippen LogP contribution in [0.15, 0.2) is 12.2 Å². The fourth-order valence-corrected chi connectivity index (χ4v) is 7.18. The van der Waals surface area contributed by atoms with Crippen molar-refractivity contribution in [3.05, 3.63) is 12.2 Å². The number of nitrogens with one attached hydrogen (secondary N) is 2. The summed E-state index contributed by atoms with van der Waals surface area (Å²) >= 11 is 0. The second kappa shape index (κ2) is 33.1. The van der Waals surface area contributed by atoms with Gasteiger partial charge in [0.1, 0.15) is 30.4 Å². The van der Waals surface area contributed by atoms with Crippen molar-refractivity contribution < 1.29 is 34.4 Å². The fraction of sp³-hybridized carbons (Fsp3) is 0.884. The van der Waals surface area contributed by atoms with Gasteiger partial charge in [-0.2, -0.15) is 0 Å². The van der Waals surface area contributed by atoms with Gasteiger partial charge < -0.3 is 41.3 Å². The molecule has 0 unspecified atom stereocenters. The largest absolute Gasteiger partial charge is 0.394 e. The number of carbonyl (C=O) groups excluding carboxylic acids is 3. The minimum absolute atomic E-state index is 0.148. The van der Waals surface area contributed by atoms with E-state index in [4.69, 9.17) is 10.5 Å². The van der Waals surface area contributed by atoms with E-state index < -0.39 is 55.0 Å². The molecule has 1 aliphatic heterocycles. The monoisotopic (exact) mass is 767 g/mol. The van der Waals surface area contributed by atoms with E-state index in [2.05, 4.69) is 36.6 Å². The van der Waals surface area contributed by atoms with Gasteiger partial charge in [-0.05, 0) is 45.4 Å². The molecule has 1 fully saturated rings. The van der Waals surface area contributed by atoms with E-state index in [9.17, 15) is 29.7 Å². The van der Waals surface area contributed by atoms with E-state index in [1.165, 1.54) is 96.8 Å². The molecule has 1 rings (SSSR count). The molecule has 0 aliphatic carbocycles. The number of hydrogen-bond acceptors (Lipinski definition) is 8. The lowest BCUT2D eigenvalue weighted by atomic mass is 9.94. The molecule has 3 amide bonds. The number of aliphatic hydroxyl groups is 3. The molecule has 11 heteroatoms. The van der Waals surface area contributed by atoms with E-state index in [1.54, 1.807) is 4.90 Å². The first-order valence-corrected chi connectivity index (χ1v) is 22.1. The van der Waals surface area contributed by atoms with Crippen LogP contribution in [-0.2, 0) is 19.1 Å². The van der Waals surface area contributed by atoms with Crippen LogP contribution in [0.1, 0.15) is 188 Å². The van der Waals surface area contributed by atoms with Gasteiger partial charge >= 0.3 is 0 Å². The molecule has 0 spiro atoms. The molecule has 316 valence electrons. The van der Waals surface area contributed by atoms with Gasteiger partial charge in [-0.15, -0.1) is 0 Å². The lowest BCUT2D eigenvalue weighted by molar-refractivity contribution is -0.231. The zero-order valence-corrected chi connectivity index (χ0v) is 34.6. The Hall–Kier alpha value is -2.05. The predicted octanol–water partition coefficient (Wildman–Crippen LogP) is 6.94. The van der Waals surface area contributed by atoms with E-state index in [0.29, 0.717) is 19.4 Å². The highest BCUT2D eigenvalue weighted by Crippen LogP contribution is 2.26. The average molecular weight is 767 g/mol. The number of carbonyl (C=O) groups is 3. The molecule has 54 heavy (non-hydrogen) atoms. The van der Waals surface area contributed by atoms with Crippen LogP contribution in [0.5, 0.6) is 0 Å². The van der Waals surface area contributed by atoms with Crippen molar-refractivity contribution in [3.8, 4) is 0 Å². The Morgan fingerprint density at radius 2 is 1.17 bits per heavy atom. The van der Waals surface area contributed by atoms with Gasteiger partial charge in [-0.25, -0.2) is 0 Å². The van der Waals surface area contributed by atoms with E-state index in [-0.39, 0.29) is 12.5 Å². The quantitative estimate of drug-likeness (QED) is 0.0302. The third-order valence-corrected chi connectivity index (χ3v) is 10.7. The number of aliphatic hydroxyl groups excluding tert-OH is 3. The molecule has 1 saturated heterocycles. The zero-order valence-electron chi connectivity index (χ0n) is 34.6. The second-order valence-corrected chi connectivity index (χ2v) is 15.6. The first-order chi connectivity index (χ1) is 26.2. The van der Waals surface area contributed by atoms with Gasteiger partial charge in [0.2, 0.25) is 17.7 Å². The van der Waals surface area contributed by atoms with Crippen LogP contribution < -0.4 is 16.4 Å². The Balaban J connectivity index is 2.76. The smallest absolute Gasteiger partial charge is 0.242 e. The van der Waals surface area contributed by atoms with Crippen LogP contribution in [0.4, 0.5) is 0 Å². The Labute approximate surface area is 329 Å². The molecule has 0 bridgehead atoms. The van der Waals surface area contributed by atoms with Crippen molar-refractivity contribution in [2.75, 3.05) is 19.7 Å². The predicted molar refractivity (Wildman–Crippen MR) is 219 cm³/mol. The van der Waals surface area contributed by atoms with Crippen LogP contribution in [-0.4, -0.2) is 94.3 Å². The third-order valence-electron chi connectivity index (χ3n) is 10.7. The minimum Gasteiger partial charge on any atom is -0.394 e. The van der Waals surface area contributed by atoms with Crippen molar-refractivity contribution in [1.29, 1.82) is 0 Å². The molecule has 1 aliphatic rings. The maximum absolute atomic E-state index is 13.9. The van der Waals surface area contributed by atoms with E-state index in [0.717, 1.165) is 64.2 Å². The number of ether oxygens (including phenoxy) is 1. The summed E-state index contributed by atoms with van der Waals surface area (Å²) in [6, 6.07) is -2.15. The van der Waals surface area contributed by atoms with E-state index in [1.807, 2.05) is 0 Å². The number of allylic oxidation sites excluding steroid dienone is 2. The summed E-state index contributed by atoms with van der Waals surface area (Å²) in [4.78, 5) is 40.4. The Bertz CT molecular complexity index is 983. The number of rotatable bonds is 34. The highest BCUT2D eigenvalue weighted by Gasteiger charge is 2.48. The van der Waals surface area contributed by atoms with Crippen LogP contribution in [0.2, 0.25) is 0 Å². The molecule has 0 aromatic carbocycles. The van der Waals surface area contributed by atoms with E-state index >= 15 is 0 Å². The zero-order chi connectivity index (χ0) is 39.8. The Morgan fingerprint density at radius 1 is 0.704 bits per heavy atom. The molecule has 6 atom stereocenters. The lowest BCUT2D eigenvalue weighted by Crippen LogP contribution is -2.69. The molecule has 0 aromatic rings. The SMILES string of the molecule is CCCCCCCC/C=C\CCCCCCCC(=O)N(CCCCCCCCCCCCCC)[C@@H]1O[C@H](CO)[C@@H](O)[C@H](O)[C@H]1NC(=O)[C@H](C)NC(=O)CN. The van der Waals surface area contributed by atoms with Crippen molar-refractivity contribution in [2.45, 2.75) is 224 Å². The lowest BCUT2D eigenvalue weighted by Gasteiger charge is -2.47. The summed E-state index contributed by atoms with van der Waals surface area (Å²) in [5, 5.41) is 37.1. The summed E-state index contributed by atoms with van der Waals surface area (Å²) in [6.45, 7) is 5.48. The number of nitrogens with two attached hydrogens (primary N) is 1. The number of amides is 3. The van der Waals surface area contributed by atoms with Crippen molar-refractivity contribution in [1.82, 2.24) is 15.5 Å². The number of hydrogen-bond donors (Lipinski definition) is 6. The van der Waals surface area contributed by atoms with Crippen LogP contribution in [0.25, 0.3) is 0 Å². The van der Waals surface area contributed by atoms with Crippen LogP contribution >= 0.6 is 0 Å². The van der Waals surface area contributed by atoms with Gasteiger partial charge in [0.15, 0.2) is 6.23 Å². The normalized spacial score (nSPS) is 20.6. The second-order valence-electron chi connectivity index (χ2n) is 15.6. The average Bonchev–Trinajstić information content (AvgIpc) is 3.17. The molecule has 11 nitrogen and oxygen atoms in total. The van der Waals surface area contributed by atoms with Gasteiger partial charge in [0, 0.05) is 13.0 Å². The summed E-state index contributed by atoms with van der Waals surface area (Å²) in [5.41, 5.74) is 5.40. The van der Waals surface area contributed by atoms with Crippen LogP contribution in [0, 0.1) is 0 Å². The molecular weight excluding hydrogens is 684 g/mol. The first-order valence-electron chi connectivity index (χ1n) is 22.1. The van der Waals surface area contributed by atoms with Crippen LogP contribution in [0.3, 0.4) is 0 Å². The summed E-state index contributed by atoms with van der Waals surface area (Å²) in [5.74, 6) is -1.28.